The summed E-state index contributed by atoms with van der Waals surface area (Å²) in [4.78, 5) is 112. The highest BCUT2D eigenvalue weighted by atomic mass is 32.2. The van der Waals surface area contributed by atoms with Gasteiger partial charge in [-0.05, 0) is 86.5 Å². The lowest BCUT2D eigenvalue weighted by Crippen LogP contribution is -2.45. The first-order valence-electron chi connectivity index (χ1n) is 23.9. The first kappa shape index (κ1) is 64.1. The van der Waals surface area contributed by atoms with Crippen LogP contribution in [0.3, 0.4) is 0 Å². The van der Waals surface area contributed by atoms with E-state index >= 15 is 0 Å². The maximum absolute atomic E-state index is 13.0. The van der Waals surface area contributed by atoms with Crippen LogP contribution in [-0.4, -0.2) is 148 Å². The molecule has 26 heteroatoms. The van der Waals surface area contributed by atoms with Gasteiger partial charge in [-0.3, -0.25) is 39.4 Å². The van der Waals surface area contributed by atoms with Crippen LogP contribution in [0.25, 0.3) is 0 Å². The number of nitrogens with one attached hydrogen (secondary N) is 8. The number of hydrogen-bond donors (Lipinski definition) is 12. The van der Waals surface area contributed by atoms with Gasteiger partial charge in [0.25, 0.3) is 5.91 Å². The molecule has 72 heavy (non-hydrogen) atoms. The molecule has 0 saturated carbocycles. The summed E-state index contributed by atoms with van der Waals surface area (Å²) in [5.41, 5.74) is 5.73. The molecule has 0 aliphatic rings. The number of unbranched alkanes of at least 4 members (excludes halogenated alkanes) is 1. The summed E-state index contributed by atoms with van der Waals surface area (Å²) < 4.78 is 33.6. The zero-order chi connectivity index (χ0) is 54.3. The van der Waals surface area contributed by atoms with Gasteiger partial charge in [-0.25, -0.2) is 18.0 Å². The third-order valence-electron chi connectivity index (χ3n) is 10.7. The van der Waals surface area contributed by atoms with Gasteiger partial charge in [-0.15, -0.1) is 0 Å². The van der Waals surface area contributed by atoms with Crippen LogP contribution in [0.2, 0.25) is 0 Å². The molecule has 0 heterocycles. The number of hydrogen-bond acceptors (Lipinski definition) is 15. The van der Waals surface area contributed by atoms with Gasteiger partial charge in [0.05, 0.1) is 25.6 Å². The van der Waals surface area contributed by atoms with Crippen LogP contribution in [0.1, 0.15) is 122 Å². The number of ether oxygens (including phenoxy) is 2. The molecule has 0 fully saturated rings. The number of rotatable bonds is 40. The van der Waals surface area contributed by atoms with Crippen LogP contribution in [0.5, 0.6) is 0 Å². The molecule has 3 unspecified atom stereocenters. The Morgan fingerprint density at radius 2 is 1.22 bits per heavy atom. The quantitative estimate of drug-likeness (QED) is 0.0229. The minimum absolute atomic E-state index is 0.0109. The molecule has 1 rings (SSSR count). The number of carbonyl (C=O) groups is 9. The Balaban J connectivity index is 2.34. The van der Waals surface area contributed by atoms with Crippen LogP contribution in [-0.2, 0) is 57.9 Å². The SMILES string of the molecule is CCCNc1ccc(C(=O)NCCCCC(NC(=O)COCCOCCNC(=O)CCC(NC(=O)CCC(NC(=O)CC(C)(C)CC(C)(C)CNC(=O)CCCS(=O)(=O)NN)C(=O)O)C(=O)O)C(N)=O)cc1. The van der Waals surface area contributed by atoms with Gasteiger partial charge in [0, 0.05) is 63.1 Å². The zero-order valence-corrected chi connectivity index (χ0v) is 43.0. The van der Waals surface area contributed by atoms with E-state index in [1.54, 1.807) is 30.8 Å². The Morgan fingerprint density at radius 3 is 1.82 bits per heavy atom. The Bertz CT molecular complexity index is 2040. The molecule has 0 bridgehead atoms. The van der Waals surface area contributed by atoms with Gasteiger partial charge in [0.1, 0.15) is 24.7 Å². The van der Waals surface area contributed by atoms with E-state index < -0.39 is 86.9 Å². The zero-order valence-electron chi connectivity index (χ0n) is 42.2. The van der Waals surface area contributed by atoms with Gasteiger partial charge in [0.15, 0.2) is 0 Å². The summed E-state index contributed by atoms with van der Waals surface area (Å²) in [6, 6.07) is 3.28. The van der Waals surface area contributed by atoms with Crippen LogP contribution < -0.4 is 53.6 Å². The molecular weight excluding hydrogens is 965 g/mol. The fraction of sp³-hybridized carbons (Fsp3) is 0.674. The number of anilines is 1. The van der Waals surface area contributed by atoms with Gasteiger partial charge < -0.3 is 62.6 Å². The summed E-state index contributed by atoms with van der Waals surface area (Å²) in [5.74, 6) is -1.99. The Morgan fingerprint density at radius 1 is 0.639 bits per heavy atom. The molecule has 0 aromatic heterocycles. The molecule has 0 spiro atoms. The van der Waals surface area contributed by atoms with Gasteiger partial charge >= 0.3 is 11.9 Å². The number of primary amides is 1. The maximum Gasteiger partial charge on any atom is 0.326 e. The third kappa shape index (κ3) is 30.0. The van der Waals surface area contributed by atoms with E-state index in [9.17, 15) is 61.8 Å². The standard InChI is InChI=1S/C46H78N10O15S/c1-6-20-49-32-14-12-31(13-15-32)42(63)51-21-8-7-10-33(41(47)62)53-40(61)28-71-25-24-70-23-22-50-37(58)18-16-34(43(64)65)54-38(59)19-17-35(44(66)67)55-39(60)27-45(2,3)29-46(4,5)30-52-36(57)11-9-26-72(68,69)56-48/h12-15,33-35,49,56H,6-11,16-30,48H2,1-5H3,(H2,47,62)(H,50,58)(H,51,63)(H,52,57)(H,53,61)(H,54,59)(H,55,60)(H,64,65)(H,66,67). The average molecular weight is 1040 g/mol. The lowest BCUT2D eigenvalue weighted by molar-refractivity contribution is -0.143. The predicted molar refractivity (Wildman–Crippen MR) is 265 cm³/mol. The van der Waals surface area contributed by atoms with Crippen molar-refractivity contribution in [3.05, 3.63) is 29.8 Å². The van der Waals surface area contributed by atoms with Crippen molar-refractivity contribution in [3.63, 3.8) is 0 Å². The van der Waals surface area contributed by atoms with Crippen LogP contribution in [0.15, 0.2) is 24.3 Å². The molecular formula is C46H78N10O15S. The second-order valence-corrected chi connectivity index (χ2v) is 20.7. The van der Waals surface area contributed by atoms with E-state index in [-0.39, 0.29) is 102 Å². The van der Waals surface area contributed by atoms with E-state index in [0.29, 0.717) is 31.4 Å². The summed E-state index contributed by atoms with van der Waals surface area (Å²) in [7, 11) is -3.65. The van der Waals surface area contributed by atoms with Gasteiger partial charge in [-0.2, -0.15) is 4.83 Å². The maximum atomic E-state index is 13.0. The van der Waals surface area contributed by atoms with Crippen LogP contribution in [0.4, 0.5) is 5.69 Å². The molecule has 1 aromatic rings. The van der Waals surface area contributed by atoms with E-state index in [4.69, 9.17) is 21.1 Å². The number of hydrazine groups is 1. The van der Waals surface area contributed by atoms with Crippen LogP contribution >= 0.6 is 0 Å². The molecule has 25 nitrogen and oxygen atoms in total. The highest BCUT2D eigenvalue weighted by molar-refractivity contribution is 7.89. The third-order valence-corrected chi connectivity index (χ3v) is 11.9. The summed E-state index contributed by atoms with van der Waals surface area (Å²) >= 11 is 0. The van der Waals surface area contributed by atoms with Crippen molar-refractivity contribution in [1.29, 1.82) is 0 Å². The van der Waals surface area contributed by atoms with Crippen molar-refractivity contribution in [2.75, 3.05) is 63.7 Å². The van der Waals surface area contributed by atoms with Crippen molar-refractivity contribution in [2.24, 2.45) is 22.4 Å². The lowest BCUT2D eigenvalue weighted by atomic mass is 9.73. The Labute approximate surface area is 421 Å². The predicted octanol–water partition coefficient (Wildman–Crippen LogP) is -0.251. The molecule has 7 amide bonds. The molecule has 1 aromatic carbocycles. The summed E-state index contributed by atoms with van der Waals surface area (Å²) in [5, 5.41) is 38.0. The summed E-state index contributed by atoms with van der Waals surface area (Å²) in [6.07, 6.45) is 1.28. The van der Waals surface area contributed by atoms with E-state index in [0.717, 1.165) is 18.7 Å². The number of nitrogens with two attached hydrogens (primary N) is 2. The number of carboxylic acid groups (broad SMARTS) is 2. The highest BCUT2D eigenvalue weighted by Crippen LogP contribution is 2.36. The molecule has 0 aliphatic carbocycles. The molecule has 0 aliphatic heterocycles. The van der Waals surface area contributed by atoms with Gasteiger partial charge in [-0.1, -0.05) is 34.6 Å². The largest absolute Gasteiger partial charge is 0.480 e. The minimum atomic E-state index is -3.65. The van der Waals surface area contributed by atoms with Crippen LogP contribution in [0, 0.1) is 10.8 Å². The molecule has 408 valence electrons. The van der Waals surface area contributed by atoms with E-state index in [1.807, 2.05) is 26.0 Å². The van der Waals surface area contributed by atoms with Crippen molar-refractivity contribution in [3.8, 4) is 0 Å². The topological polar surface area (TPSA) is 395 Å². The number of amides is 7. The Hall–Kier alpha value is -5.96. The van der Waals surface area contributed by atoms with Gasteiger partial charge in [0.2, 0.25) is 45.5 Å². The number of carbonyl (C=O) groups excluding carboxylic acids is 7. The Kier molecular flexibility index (Phi) is 29.9. The summed E-state index contributed by atoms with van der Waals surface area (Å²) in [6.45, 7) is 10.6. The van der Waals surface area contributed by atoms with Crippen molar-refractivity contribution in [1.82, 2.24) is 36.7 Å². The number of carboxylic acids is 2. The first-order chi connectivity index (χ1) is 33.8. The number of benzene rings is 1. The first-order valence-corrected chi connectivity index (χ1v) is 25.6. The molecule has 0 saturated heterocycles. The van der Waals surface area contributed by atoms with Crippen molar-refractivity contribution in [2.45, 2.75) is 130 Å². The number of sulfonamides is 1. The smallest absolute Gasteiger partial charge is 0.326 e. The second-order valence-electron chi connectivity index (χ2n) is 18.8. The van der Waals surface area contributed by atoms with E-state index in [1.165, 1.54) is 0 Å². The number of aliphatic carboxylic acids is 2. The molecule has 14 N–H and O–H groups in total. The average Bonchev–Trinajstić information content (AvgIpc) is 3.29. The van der Waals surface area contributed by atoms with Crippen molar-refractivity contribution >= 4 is 69.0 Å². The minimum Gasteiger partial charge on any atom is -0.480 e. The van der Waals surface area contributed by atoms with Crippen molar-refractivity contribution < 1.29 is 71.3 Å². The second kappa shape index (κ2) is 33.6. The highest BCUT2D eigenvalue weighted by Gasteiger charge is 2.33. The lowest BCUT2D eigenvalue weighted by Gasteiger charge is -2.35. The normalized spacial score (nSPS) is 12.9. The molecule has 0 radical (unpaired) electrons. The fourth-order valence-electron chi connectivity index (χ4n) is 7.38. The fourth-order valence-corrected chi connectivity index (χ4v) is 8.03. The molecule has 3 atom stereocenters. The monoisotopic (exact) mass is 1040 g/mol. The van der Waals surface area contributed by atoms with E-state index in [2.05, 4.69) is 44.1 Å².